The van der Waals surface area contributed by atoms with E-state index < -0.39 is 10.0 Å². The van der Waals surface area contributed by atoms with Gasteiger partial charge in [-0.05, 0) is 68.6 Å². The number of nitrogens with one attached hydrogen (secondary N) is 1. The van der Waals surface area contributed by atoms with Crippen molar-refractivity contribution >= 4 is 53.3 Å². The summed E-state index contributed by atoms with van der Waals surface area (Å²) >= 11 is 6.55. The maximum atomic E-state index is 12.4. The Balaban J connectivity index is 2.47. The Morgan fingerprint density at radius 3 is 2.35 bits per heavy atom. The minimum absolute atomic E-state index is 0.159. The molecule has 0 radical (unpaired) electrons. The Labute approximate surface area is 134 Å². The summed E-state index contributed by atoms with van der Waals surface area (Å²) in [6.45, 7) is 1.88. The van der Waals surface area contributed by atoms with Crippen LogP contribution in [0.2, 0.25) is 0 Å². The second-order valence-corrected chi connectivity index (χ2v) is 7.61. The monoisotopic (exact) mass is 418 g/mol. The van der Waals surface area contributed by atoms with Crippen LogP contribution in [0.4, 0.5) is 11.4 Å². The Hall–Kier alpha value is -1.05. The number of halogens is 2. The summed E-state index contributed by atoms with van der Waals surface area (Å²) < 4.78 is 28.4. The summed E-state index contributed by atoms with van der Waals surface area (Å²) in [7, 11) is -3.71. The van der Waals surface area contributed by atoms with Gasteiger partial charge in [0.15, 0.2) is 0 Å². The van der Waals surface area contributed by atoms with E-state index in [0.29, 0.717) is 20.3 Å². The van der Waals surface area contributed by atoms with E-state index in [1.165, 1.54) is 6.07 Å². The molecule has 0 heterocycles. The van der Waals surface area contributed by atoms with Crippen LogP contribution >= 0.6 is 31.9 Å². The summed E-state index contributed by atoms with van der Waals surface area (Å²) in [5.74, 6) is 0. The van der Waals surface area contributed by atoms with E-state index in [1.807, 2.05) is 6.92 Å². The molecule has 3 N–H and O–H groups in total. The Bertz CT molecular complexity index is 738. The van der Waals surface area contributed by atoms with E-state index in [1.54, 1.807) is 30.3 Å². The first kappa shape index (κ1) is 15.3. The Kier molecular flexibility index (Phi) is 4.41. The first-order valence-corrected chi connectivity index (χ1v) is 8.71. The number of benzene rings is 2. The zero-order valence-electron chi connectivity index (χ0n) is 10.5. The quantitative estimate of drug-likeness (QED) is 0.741. The normalized spacial score (nSPS) is 11.3. The maximum Gasteiger partial charge on any atom is 0.263 e. The van der Waals surface area contributed by atoms with Crippen LogP contribution in [0.5, 0.6) is 0 Å². The van der Waals surface area contributed by atoms with Gasteiger partial charge in [0.1, 0.15) is 4.90 Å². The number of sulfonamides is 1. The number of aryl methyl sites for hydroxylation is 1. The average Bonchev–Trinajstić information content (AvgIpc) is 2.34. The zero-order valence-corrected chi connectivity index (χ0v) is 14.5. The summed E-state index contributed by atoms with van der Waals surface area (Å²) in [4.78, 5) is 0.159. The van der Waals surface area contributed by atoms with Gasteiger partial charge in [0.05, 0.1) is 11.4 Å². The molecule has 0 spiro atoms. The van der Waals surface area contributed by atoms with Crippen molar-refractivity contribution < 1.29 is 8.42 Å². The van der Waals surface area contributed by atoms with Gasteiger partial charge in [-0.25, -0.2) is 8.42 Å². The van der Waals surface area contributed by atoms with E-state index >= 15 is 0 Å². The van der Waals surface area contributed by atoms with Crippen LogP contribution in [0.3, 0.4) is 0 Å². The van der Waals surface area contributed by atoms with Crippen molar-refractivity contribution in [1.29, 1.82) is 0 Å². The van der Waals surface area contributed by atoms with Crippen molar-refractivity contribution in [3.63, 3.8) is 0 Å². The Morgan fingerprint density at radius 1 is 1.10 bits per heavy atom. The molecule has 0 aliphatic heterocycles. The van der Waals surface area contributed by atoms with Crippen LogP contribution in [-0.4, -0.2) is 8.42 Å². The molecule has 0 atom stereocenters. The third-order valence-corrected chi connectivity index (χ3v) is 5.61. The lowest BCUT2D eigenvalue weighted by atomic mass is 10.2. The van der Waals surface area contributed by atoms with E-state index in [9.17, 15) is 8.42 Å². The second-order valence-electron chi connectivity index (χ2n) is 4.25. The molecule has 0 fully saturated rings. The van der Waals surface area contributed by atoms with Crippen LogP contribution in [0.25, 0.3) is 0 Å². The van der Waals surface area contributed by atoms with Gasteiger partial charge < -0.3 is 5.73 Å². The molecule has 0 unspecified atom stereocenters. The fraction of sp³-hybridized carbons (Fsp3) is 0.0769. The molecule has 0 aliphatic carbocycles. The molecule has 20 heavy (non-hydrogen) atoms. The van der Waals surface area contributed by atoms with E-state index in [-0.39, 0.29) is 4.90 Å². The smallest absolute Gasteiger partial charge is 0.263 e. The van der Waals surface area contributed by atoms with Crippen LogP contribution in [-0.2, 0) is 10.0 Å². The van der Waals surface area contributed by atoms with Crippen molar-refractivity contribution in [2.75, 3.05) is 10.5 Å². The third kappa shape index (κ3) is 3.16. The average molecular weight is 420 g/mol. The third-order valence-electron chi connectivity index (χ3n) is 2.63. The lowest BCUT2D eigenvalue weighted by molar-refractivity contribution is 0.600. The molecule has 0 bridgehead atoms. The summed E-state index contributed by atoms with van der Waals surface area (Å²) in [6, 6.07) is 10.1. The predicted molar refractivity (Wildman–Crippen MR) is 88.2 cm³/mol. The Morgan fingerprint density at radius 2 is 1.75 bits per heavy atom. The topological polar surface area (TPSA) is 72.2 Å². The van der Waals surface area contributed by atoms with Gasteiger partial charge in [0.25, 0.3) is 10.0 Å². The molecule has 0 aliphatic rings. The van der Waals surface area contributed by atoms with Gasteiger partial charge in [-0.15, -0.1) is 0 Å². The van der Waals surface area contributed by atoms with Crippen LogP contribution in [0.1, 0.15) is 5.56 Å². The minimum atomic E-state index is -3.71. The van der Waals surface area contributed by atoms with Crippen molar-refractivity contribution in [3.05, 3.63) is 50.9 Å². The first-order valence-electron chi connectivity index (χ1n) is 5.64. The molecule has 0 aromatic heterocycles. The summed E-state index contributed by atoms with van der Waals surface area (Å²) in [6.07, 6.45) is 0. The predicted octanol–water partition coefficient (Wildman–Crippen LogP) is 3.90. The molecule has 0 saturated heterocycles. The van der Waals surface area contributed by atoms with Crippen molar-refractivity contribution in [2.45, 2.75) is 11.8 Å². The number of anilines is 2. The van der Waals surface area contributed by atoms with Crippen LogP contribution in [0.15, 0.2) is 50.2 Å². The molecular formula is C13H12Br2N2O2S. The number of hydrogen-bond donors (Lipinski definition) is 2. The first-order chi connectivity index (χ1) is 9.31. The highest BCUT2D eigenvalue weighted by Gasteiger charge is 2.19. The van der Waals surface area contributed by atoms with Gasteiger partial charge >= 0.3 is 0 Å². The molecule has 7 heteroatoms. The van der Waals surface area contributed by atoms with Crippen molar-refractivity contribution in [1.82, 2.24) is 0 Å². The van der Waals surface area contributed by atoms with Gasteiger partial charge in [-0.3, -0.25) is 4.72 Å². The highest BCUT2D eigenvalue weighted by molar-refractivity contribution is 9.11. The van der Waals surface area contributed by atoms with E-state index in [2.05, 4.69) is 36.6 Å². The van der Waals surface area contributed by atoms with Gasteiger partial charge in [-0.1, -0.05) is 12.1 Å². The zero-order chi connectivity index (χ0) is 14.9. The van der Waals surface area contributed by atoms with Gasteiger partial charge in [0, 0.05) is 8.95 Å². The molecule has 4 nitrogen and oxygen atoms in total. The minimum Gasteiger partial charge on any atom is -0.397 e. The number of nitrogen functional groups attached to an aromatic ring is 1. The van der Waals surface area contributed by atoms with Crippen LogP contribution in [0, 0.1) is 6.92 Å². The largest absolute Gasteiger partial charge is 0.397 e. The lowest BCUT2D eigenvalue weighted by Gasteiger charge is -2.13. The van der Waals surface area contributed by atoms with E-state index in [0.717, 1.165) is 5.56 Å². The fourth-order valence-corrected chi connectivity index (χ4v) is 4.66. The summed E-state index contributed by atoms with van der Waals surface area (Å²) in [5, 5.41) is 0. The number of hydrogen-bond acceptors (Lipinski definition) is 3. The SMILES string of the molecule is Cc1cc(N)c(NS(=O)(=O)c2ccccc2Br)c(Br)c1. The standard InChI is InChI=1S/C13H12Br2N2O2S/c1-8-6-10(15)13(11(16)7-8)17-20(18,19)12-5-3-2-4-9(12)14/h2-7,17H,16H2,1H3. The van der Waals surface area contributed by atoms with Gasteiger partial charge in [0.2, 0.25) is 0 Å². The highest BCUT2D eigenvalue weighted by Crippen LogP contribution is 2.33. The molecule has 2 aromatic rings. The number of nitrogens with two attached hydrogens (primary N) is 1. The highest BCUT2D eigenvalue weighted by atomic mass is 79.9. The number of rotatable bonds is 3. The second kappa shape index (κ2) is 5.75. The molecule has 0 saturated carbocycles. The van der Waals surface area contributed by atoms with E-state index in [4.69, 9.17) is 5.73 Å². The molecular weight excluding hydrogens is 408 g/mol. The maximum absolute atomic E-state index is 12.4. The molecule has 0 amide bonds. The summed E-state index contributed by atoms with van der Waals surface area (Å²) in [5.41, 5.74) is 7.53. The van der Waals surface area contributed by atoms with Crippen molar-refractivity contribution in [2.24, 2.45) is 0 Å². The fourth-order valence-electron chi connectivity index (χ4n) is 1.73. The van der Waals surface area contributed by atoms with Gasteiger partial charge in [-0.2, -0.15) is 0 Å². The molecule has 2 rings (SSSR count). The lowest BCUT2D eigenvalue weighted by Crippen LogP contribution is -2.15. The molecule has 106 valence electrons. The van der Waals surface area contributed by atoms with Crippen LogP contribution < -0.4 is 10.5 Å². The van der Waals surface area contributed by atoms with Crippen molar-refractivity contribution in [3.8, 4) is 0 Å². The molecule has 2 aromatic carbocycles.